The number of rotatable bonds is 7. The van der Waals surface area contributed by atoms with Gasteiger partial charge >= 0.3 is 0 Å². The van der Waals surface area contributed by atoms with Gasteiger partial charge < -0.3 is 9.47 Å². The minimum Gasteiger partial charge on any atom is -0.377 e. The molecule has 0 N–H and O–H groups in total. The van der Waals surface area contributed by atoms with E-state index in [0.29, 0.717) is 13.2 Å². The first-order valence-electron chi connectivity index (χ1n) is 6.66. The van der Waals surface area contributed by atoms with Crippen LogP contribution in [0.1, 0.15) is 40.5 Å². The Morgan fingerprint density at radius 2 is 2.05 bits per heavy atom. The fourth-order valence-corrected chi connectivity index (χ4v) is 1.26. The molecule has 19 heavy (non-hydrogen) atoms. The highest BCUT2D eigenvalue weighted by Gasteiger charge is 2.26. The maximum atomic E-state index is 5.71. The first-order chi connectivity index (χ1) is 9.10. The zero-order valence-electron chi connectivity index (χ0n) is 12.5. The molecular formula is C17H24O2. The summed E-state index contributed by atoms with van der Waals surface area (Å²) >= 11 is 0. The molecule has 0 aliphatic heterocycles. The van der Waals surface area contributed by atoms with Crippen LogP contribution in [0, 0.1) is 24.2 Å². The molecule has 104 valence electrons. The molecule has 0 saturated heterocycles. The van der Waals surface area contributed by atoms with Crippen molar-refractivity contribution in [2.45, 2.75) is 46.1 Å². The summed E-state index contributed by atoms with van der Waals surface area (Å²) in [6.45, 7) is 9.16. The SMILES string of the molecule is C#CCOC(C#CCCC)(C=C=C(C)C)COCC. The van der Waals surface area contributed by atoms with Gasteiger partial charge in [0, 0.05) is 19.1 Å². The van der Waals surface area contributed by atoms with Crippen LogP contribution in [0.3, 0.4) is 0 Å². The first kappa shape index (κ1) is 17.6. The minimum atomic E-state index is -0.797. The fraction of sp³-hybridized carbons (Fsp3) is 0.588. The Morgan fingerprint density at radius 3 is 2.58 bits per heavy atom. The molecule has 0 aromatic rings. The molecule has 1 unspecified atom stereocenters. The predicted molar refractivity (Wildman–Crippen MR) is 79.6 cm³/mol. The van der Waals surface area contributed by atoms with Crippen molar-refractivity contribution in [3.8, 4) is 24.2 Å². The third kappa shape index (κ3) is 8.30. The van der Waals surface area contributed by atoms with Crippen molar-refractivity contribution in [2.75, 3.05) is 19.8 Å². The van der Waals surface area contributed by atoms with Crippen LogP contribution in [0.5, 0.6) is 0 Å². The first-order valence-corrected chi connectivity index (χ1v) is 6.66. The lowest BCUT2D eigenvalue weighted by Crippen LogP contribution is -2.34. The number of terminal acetylenes is 1. The number of hydrogen-bond acceptors (Lipinski definition) is 2. The molecular weight excluding hydrogens is 236 g/mol. The molecule has 0 aliphatic rings. The zero-order valence-corrected chi connectivity index (χ0v) is 12.5. The van der Waals surface area contributed by atoms with Gasteiger partial charge in [0.1, 0.15) is 6.61 Å². The van der Waals surface area contributed by atoms with Gasteiger partial charge in [-0.05, 0) is 32.8 Å². The molecule has 0 rings (SSSR count). The topological polar surface area (TPSA) is 18.5 Å². The van der Waals surface area contributed by atoms with E-state index in [1.807, 2.05) is 26.8 Å². The monoisotopic (exact) mass is 260 g/mol. The maximum absolute atomic E-state index is 5.71. The summed E-state index contributed by atoms with van der Waals surface area (Å²) in [5.41, 5.74) is 3.41. The molecule has 0 fully saturated rings. The Labute approximate surface area is 117 Å². The van der Waals surface area contributed by atoms with Crippen molar-refractivity contribution in [1.82, 2.24) is 0 Å². The van der Waals surface area contributed by atoms with Crippen molar-refractivity contribution in [1.29, 1.82) is 0 Å². The summed E-state index contributed by atoms with van der Waals surface area (Å²) in [5.74, 6) is 8.73. The molecule has 0 saturated carbocycles. The van der Waals surface area contributed by atoms with Gasteiger partial charge in [-0.15, -0.1) is 12.2 Å². The van der Waals surface area contributed by atoms with Gasteiger partial charge in [-0.1, -0.05) is 24.7 Å². The lowest BCUT2D eigenvalue weighted by molar-refractivity contribution is -0.0163. The predicted octanol–water partition coefficient (Wildman–Crippen LogP) is 3.34. The molecule has 0 bridgehead atoms. The second kappa shape index (κ2) is 10.5. The van der Waals surface area contributed by atoms with Crippen LogP contribution < -0.4 is 0 Å². The van der Waals surface area contributed by atoms with Gasteiger partial charge in [0.25, 0.3) is 0 Å². The van der Waals surface area contributed by atoms with Gasteiger partial charge in [0.05, 0.1) is 6.61 Å². The normalized spacial score (nSPS) is 12.4. The third-order valence-corrected chi connectivity index (χ3v) is 2.20. The van der Waals surface area contributed by atoms with Crippen molar-refractivity contribution >= 4 is 0 Å². The molecule has 1 atom stereocenters. The summed E-state index contributed by atoms with van der Waals surface area (Å²) in [6, 6.07) is 0. The Bertz CT molecular complexity index is 407. The van der Waals surface area contributed by atoms with E-state index in [-0.39, 0.29) is 6.61 Å². The lowest BCUT2D eigenvalue weighted by atomic mass is 10.0. The molecule has 0 aromatic carbocycles. The molecule has 0 aliphatic carbocycles. The molecule has 0 heterocycles. The minimum absolute atomic E-state index is 0.203. The summed E-state index contributed by atoms with van der Waals surface area (Å²) in [4.78, 5) is 0. The van der Waals surface area contributed by atoms with Gasteiger partial charge in [0.2, 0.25) is 0 Å². The van der Waals surface area contributed by atoms with E-state index in [1.165, 1.54) is 0 Å². The second-order valence-electron chi connectivity index (χ2n) is 4.36. The standard InChI is InChI=1S/C17H24O2/c1-6-9-10-12-17(15-18-8-3,19-14-7-2)13-11-16(4)5/h2,13H,6,8-9,14-15H2,1,3-5H3. The molecule has 2 nitrogen and oxygen atoms in total. The molecule has 0 radical (unpaired) electrons. The highest BCUT2D eigenvalue weighted by Crippen LogP contribution is 2.14. The Morgan fingerprint density at radius 1 is 1.32 bits per heavy atom. The Kier molecular flexibility index (Phi) is 9.69. The van der Waals surface area contributed by atoms with Crippen LogP contribution in [0.15, 0.2) is 17.4 Å². The largest absolute Gasteiger partial charge is 0.377 e. The third-order valence-electron chi connectivity index (χ3n) is 2.20. The van der Waals surface area contributed by atoms with E-state index < -0.39 is 5.60 Å². The van der Waals surface area contributed by atoms with Crippen molar-refractivity contribution < 1.29 is 9.47 Å². The van der Waals surface area contributed by atoms with Crippen LogP contribution in [0.2, 0.25) is 0 Å². The van der Waals surface area contributed by atoms with Gasteiger partial charge in [-0.2, -0.15) is 0 Å². The van der Waals surface area contributed by atoms with Crippen molar-refractivity contribution in [3.63, 3.8) is 0 Å². The number of hydrogen-bond donors (Lipinski definition) is 0. The average Bonchev–Trinajstić information content (AvgIpc) is 2.40. The van der Waals surface area contributed by atoms with E-state index >= 15 is 0 Å². The smallest absolute Gasteiger partial charge is 0.178 e. The van der Waals surface area contributed by atoms with E-state index in [2.05, 4.69) is 30.4 Å². The highest BCUT2D eigenvalue weighted by atomic mass is 16.5. The van der Waals surface area contributed by atoms with E-state index in [9.17, 15) is 0 Å². The zero-order chi connectivity index (χ0) is 14.6. The lowest BCUT2D eigenvalue weighted by Gasteiger charge is -2.23. The molecule has 0 amide bonds. The second-order valence-corrected chi connectivity index (χ2v) is 4.36. The summed E-state index contributed by atoms with van der Waals surface area (Å²) in [6.07, 6.45) is 8.93. The van der Waals surface area contributed by atoms with E-state index in [4.69, 9.17) is 15.9 Å². The molecule has 0 aromatic heterocycles. The van der Waals surface area contributed by atoms with Gasteiger partial charge in [-0.25, -0.2) is 0 Å². The van der Waals surface area contributed by atoms with Crippen LogP contribution in [-0.4, -0.2) is 25.4 Å². The highest BCUT2D eigenvalue weighted by molar-refractivity contribution is 5.25. The van der Waals surface area contributed by atoms with E-state index in [0.717, 1.165) is 18.4 Å². The molecule has 0 spiro atoms. The van der Waals surface area contributed by atoms with Crippen LogP contribution in [-0.2, 0) is 9.47 Å². The molecule has 2 heteroatoms. The number of ether oxygens (including phenoxy) is 2. The average molecular weight is 260 g/mol. The van der Waals surface area contributed by atoms with Gasteiger partial charge in [-0.3, -0.25) is 0 Å². The van der Waals surface area contributed by atoms with E-state index in [1.54, 1.807) is 0 Å². The summed E-state index contributed by atoms with van der Waals surface area (Å²) < 4.78 is 11.2. The number of unbranched alkanes of at least 4 members (excludes halogenated alkanes) is 1. The van der Waals surface area contributed by atoms with Gasteiger partial charge in [0.15, 0.2) is 5.60 Å². The summed E-state index contributed by atoms with van der Waals surface area (Å²) in [7, 11) is 0. The quantitative estimate of drug-likeness (QED) is 0.516. The van der Waals surface area contributed by atoms with Crippen LogP contribution >= 0.6 is 0 Å². The Balaban J connectivity index is 5.26. The maximum Gasteiger partial charge on any atom is 0.178 e. The van der Waals surface area contributed by atoms with Crippen molar-refractivity contribution in [2.24, 2.45) is 0 Å². The van der Waals surface area contributed by atoms with Crippen molar-refractivity contribution in [3.05, 3.63) is 17.4 Å². The van der Waals surface area contributed by atoms with Crippen LogP contribution in [0.4, 0.5) is 0 Å². The fourth-order valence-electron chi connectivity index (χ4n) is 1.26. The summed E-state index contributed by atoms with van der Waals surface area (Å²) in [5, 5.41) is 0. The van der Waals surface area contributed by atoms with Crippen LogP contribution in [0.25, 0.3) is 0 Å². The Hall–Kier alpha value is -1.44.